The van der Waals surface area contributed by atoms with Crippen molar-refractivity contribution in [1.82, 2.24) is 9.88 Å². The molecule has 9 heteroatoms. The number of rotatable bonds is 10. The van der Waals surface area contributed by atoms with Crippen LogP contribution in [0, 0.1) is 0 Å². The zero-order chi connectivity index (χ0) is 24.6. The minimum absolute atomic E-state index is 0.0596. The van der Waals surface area contributed by atoms with Crippen LogP contribution in [0.25, 0.3) is 0 Å². The summed E-state index contributed by atoms with van der Waals surface area (Å²) >= 11 is 0. The Bertz CT molecular complexity index is 957. The number of amides is 1. The van der Waals surface area contributed by atoms with Gasteiger partial charge in [0, 0.05) is 18.3 Å². The first kappa shape index (κ1) is 26.0. The molecule has 0 unspecified atom stereocenters. The molecule has 1 heterocycles. The first-order valence-electron chi connectivity index (χ1n) is 10.7. The number of Topliss-reactive ketones (excluding diaryl/α,β-unsaturated/α-hetero) is 1. The van der Waals surface area contributed by atoms with E-state index >= 15 is 0 Å². The number of carbonyl (C=O) groups excluding carboxylic acids is 2. The second-order valence-electron chi connectivity index (χ2n) is 8.85. The number of carboxylic acid groups (broad SMARTS) is 1. The lowest BCUT2D eigenvalue weighted by molar-refractivity contribution is -0.141. The fraction of sp³-hybridized carbons (Fsp3) is 0.417. The molecular weight excluding hydrogens is 424 g/mol. The monoisotopic (exact) mass is 456 g/mol. The number of ether oxygens (including phenoxy) is 1. The maximum Gasteiger partial charge on any atom is 0.410 e. The van der Waals surface area contributed by atoms with Crippen molar-refractivity contribution >= 4 is 17.8 Å². The van der Waals surface area contributed by atoms with E-state index in [1.807, 2.05) is 12.1 Å². The van der Waals surface area contributed by atoms with E-state index in [4.69, 9.17) is 16.2 Å². The van der Waals surface area contributed by atoms with Crippen LogP contribution < -0.4 is 11.5 Å². The van der Waals surface area contributed by atoms with Crippen LogP contribution in [0.3, 0.4) is 0 Å². The Kier molecular flexibility index (Phi) is 8.67. The number of benzene rings is 1. The first-order valence-corrected chi connectivity index (χ1v) is 10.7. The van der Waals surface area contributed by atoms with Gasteiger partial charge in [0.2, 0.25) is 0 Å². The van der Waals surface area contributed by atoms with Gasteiger partial charge in [-0.2, -0.15) is 0 Å². The highest BCUT2D eigenvalue weighted by molar-refractivity contribution is 6.15. The Morgan fingerprint density at radius 3 is 2.24 bits per heavy atom. The molecule has 9 nitrogen and oxygen atoms in total. The standard InChI is InChI=1S/C24H32N4O5/c1-23(2,3)33-22(32)28(16-19-7-4-5-14-27-19)15-17-8-10-18(11-9-17)20(29)24(26,21(30)31)12-6-13-25/h4-5,7-11,14H,6,12-13,15-16,25-26H2,1-3H3,(H,30,31)/t24-/m0/s1. The van der Waals surface area contributed by atoms with Gasteiger partial charge in [-0.15, -0.1) is 0 Å². The van der Waals surface area contributed by atoms with Crippen molar-refractivity contribution in [3.05, 3.63) is 65.5 Å². The van der Waals surface area contributed by atoms with E-state index in [-0.39, 0.29) is 31.6 Å². The molecule has 1 aromatic heterocycles. The van der Waals surface area contributed by atoms with Gasteiger partial charge in [-0.1, -0.05) is 30.3 Å². The number of carboxylic acids is 1. The second kappa shape index (κ2) is 11.0. The molecule has 0 saturated heterocycles. The second-order valence-corrected chi connectivity index (χ2v) is 8.85. The van der Waals surface area contributed by atoms with Gasteiger partial charge < -0.3 is 21.3 Å². The number of pyridine rings is 1. The van der Waals surface area contributed by atoms with Crippen molar-refractivity contribution in [2.24, 2.45) is 11.5 Å². The lowest BCUT2D eigenvalue weighted by Gasteiger charge is -2.27. The van der Waals surface area contributed by atoms with Crippen LogP contribution in [-0.4, -0.2) is 50.5 Å². The Hall–Kier alpha value is -3.30. The molecule has 0 radical (unpaired) electrons. The summed E-state index contributed by atoms with van der Waals surface area (Å²) in [6.07, 6.45) is 1.40. The van der Waals surface area contributed by atoms with Crippen molar-refractivity contribution in [2.75, 3.05) is 6.54 Å². The van der Waals surface area contributed by atoms with Gasteiger partial charge in [0.25, 0.3) is 0 Å². The Balaban J connectivity index is 2.22. The van der Waals surface area contributed by atoms with Gasteiger partial charge in [0.05, 0.1) is 12.2 Å². The summed E-state index contributed by atoms with van der Waals surface area (Å²) < 4.78 is 5.53. The van der Waals surface area contributed by atoms with Crippen LogP contribution in [-0.2, 0) is 22.6 Å². The highest BCUT2D eigenvalue weighted by Crippen LogP contribution is 2.20. The minimum Gasteiger partial charge on any atom is -0.480 e. The summed E-state index contributed by atoms with van der Waals surface area (Å²) in [5, 5.41) is 9.51. The van der Waals surface area contributed by atoms with Gasteiger partial charge in [-0.25, -0.2) is 9.59 Å². The fourth-order valence-corrected chi connectivity index (χ4v) is 3.14. The molecule has 5 N–H and O–H groups in total. The van der Waals surface area contributed by atoms with Gasteiger partial charge in [-0.3, -0.25) is 14.7 Å². The molecule has 0 fully saturated rings. The van der Waals surface area contributed by atoms with Gasteiger partial charge in [0.1, 0.15) is 5.60 Å². The summed E-state index contributed by atoms with van der Waals surface area (Å²) in [7, 11) is 0. The third-order valence-electron chi connectivity index (χ3n) is 4.88. The van der Waals surface area contributed by atoms with Crippen LogP contribution in [0.2, 0.25) is 0 Å². The summed E-state index contributed by atoms with van der Waals surface area (Å²) in [6.45, 7) is 6.04. The third-order valence-corrected chi connectivity index (χ3v) is 4.88. The highest BCUT2D eigenvalue weighted by atomic mass is 16.6. The maximum absolute atomic E-state index is 12.8. The van der Waals surface area contributed by atoms with Crippen molar-refractivity contribution in [3.8, 4) is 0 Å². The predicted molar refractivity (Wildman–Crippen MR) is 123 cm³/mol. The SMILES string of the molecule is CC(C)(C)OC(=O)N(Cc1ccc(C(=O)[C@@](N)(CCCN)C(=O)O)cc1)Cc1ccccn1. The molecule has 33 heavy (non-hydrogen) atoms. The minimum atomic E-state index is -2.04. The highest BCUT2D eigenvalue weighted by Gasteiger charge is 2.41. The number of carbonyl (C=O) groups is 3. The number of hydrogen-bond acceptors (Lipinski definition) is 7. The van der Waals surface area contributed by atoms with E-state index in [0.29, 0.717) is 12.1 Å². The Labute approximate surface area is 193 Å². The first-order chi connectivity index (χ1) is 15.5. The Morgan fingerprint density at radius 1 is 1.06 bits per heavy atom. The normalized spacial score (nSPS) is 13.1. The number of aromatic nitrogens is 1. The van der Waals surface area contributed by atoms with Crippen LogP contribution in [0.4, 0.5) is 4.79 Å². The lowest BCUT2D eigenvalue weighted by Crippen LogP contribution is -2.55. The van der Waals surface area contributed by atoms with Crippen molar-refractivity contribution in [2.45, 2.75) is 57.8 Å². The molecule has 0 aliphatic carbocycles. The third kappa shape index (κ3) is 7.37. The number of nitrogens with zero attached hydrogens (tertiary/aromatic N) is 2. The smallest absolute Gasteiger partial charge is 0.410 e. The van der Waals surface area contributed by atoms with E-state index in [1.54, 1.807) is 45.2 Å². The fourth-order valence-electron chi connectivity index (χ4n) is 3.14. The number of aliphatic carboxylic acids is 1. The average Bonchev–Trinajstić information content (AvgIpc) is 2.76. The topological polar surface area (TPSA) is 149 Å². The molecule has 0 saturated carbocycles. The zero-order valence-corrected chi connectivity index (χ0v) is 19.3. The Morgan fingerprint density at radius 2 is 1.73 bits per heavy atom. The molecule has 0 spiro atoms. The quantitative estimate of drug-likeness (QED) is 0.365. The summed E-state index contributed by atoms with van der Waals surface area (Å²) in [5.74, 6) is -2.08. The molecule has 0 aliphatic rings. The zero-order valence-electron chi connectivity index (χ0n) is 19.3. The number of ketones is 1. The molecule has 1 atom stereocenters. The van der Waals surface area contributed by atoms with Crippen LogP contribution >= 0.6 is 0 Å². The molecule has 0 bridgehead atoms. The van der Waals surface area contributed by atoms with Crippen LogP contribution in [0.15, 0.2) is 48.7 Å². The van der Waals surface area contributed by atoms with E-state index in [1.165, 1.54) is 17.0 Å². The number of hydrogen-bond donors (Lipinski definition) is 3. The molecular formula is C24H32N4O5. The summed E-state index contributed by atoms with van der Waals surface area (Å²) in [4.78, 5) is 43.0. The van der Waals surface area contributed by atoms with Crippen molar-refractivity contribution < 1.29 is 24.2 Å². The van der Waals surface area contributed by atoms with Crippen molar-refractivity contribution in [1.29, 1.82) is 0 Å². The van der Waals surface area contributed by atoms with Crippen molar-refractivity contribution in [3.63, 3.8) is 0 Å². The summed E-state index contributed by atoms with van der Waals surface area (Å²) in [6, 6.07) is 11.8. The van der Waals surface area contributed by atoms with Crippen LogP contribution in [0.1, 0.15) is 55.2 Å². The van der Waals surface area contributed by atoms with Gasteiger partial charge in [-0.05, 0) is 57.9 Å². The van der Waals surface area contributed by atoms with E-state index in [2.05, 4.69) is 4.98 Å². The molecule has 1 aromatic carbocycles. The summed E-state index contributed by atoms with van der Waals surface area (Å²) in [5.41, 5.74) is 10.3. The molecule has 0 aliphatic heterocycles. The molecule has 178 valence electrons. The van der Waals surface area contributed by atoms with E-state index in [9.17, 15) is 19.5 Å². The molecule has 2 aromatic rings. The van der Waals surface area contributed by atoms with Crippen LogP contribution in [0.5, 0.6) is 0 Å². The van der Waals surface area contributed by atoms with E-state index in [0.717, 1.165) is 5.56 Å². The predicted octanol–water partition coefficient (Wildman–Crippen LogP) is 2.72. The average molecular weight is 457 g/mol. The lowest BCUT2D eigenvalue weighted by atomic mass is 9.85. The molecule has 2 rings (SSSR count). The largest absolute Gasteiger partial charge is 0.480 e. The maximum atomic E-state index is 12.8. The number of nitrogens with two attached hydrogens (primary N) is 2. The molecule has 1 amide bonds. The van der Waals surface area contributed by atoms with Gasteiger partial charge >= 0.3 is 12.1 Å². The van der Waals surface area contributed by atoms with Gasteiger partial charge in [0.15, 0.2) is 11.3 Å². The van der Waals surface area contributed by atoms with E-state index < -0.39 is 29.0 Å².